The fourth-order valence-electron chi connectivity index (χ4n) is 3.30. The number of hydrogen-bond donors (Lipinski definition) is 2. The molecule has 3 rings (SSSR count). The average molecular weight is 440 g/mol. The van der Waals surface area contributed by atoms with Crippen molar-refractivity contribution in [2.45, 2.75) is 13.8 Å². The summed E-state index contributed by atoms with van der Waals surface area (Å²) in [5.41, 5.74) is 3.20. The Labute approximate surface area is 182 Å². The minimum atomic E-state index is 0.232. The van der Waals surface area contributed by atoms with Crippen LogP contribution in [0.4, 0.5) is 0 Å². The number of phenolic OH excluding ortho intramolecular Hbond substituents is 1. The van der Waals surface area contributed by atoms with Crippen LogP contribution in [0.5, 0.6) is 11.5 Å². The number of hydrogen-bond acceptors (Lipinski definition) is 5. The normalized spacial score (nSPS) is 14.1. The molecule has 0 atom stereocenters. The van der Waals surface area contributed by atoms with Crippen LogP contribution in [-0.2, 0) is 3.84 Å². The lowest BCUT2D eigenvalue weighted by atomic mass is 10.1. The van der Waals surface area contributed by atoms with Crippen LogP contribution in [0.1, 0.15) is 16.7 Å². The Morgan fingerprint density at radius 1 is 1.00 bits per heavy atom. The van der Waals surface area contributed by atoms with E-state index < -0.39 is 0 Å². The van der Waals surface area contributed by atoms with E-state index in [9.17, 15) is 5.11 Å². The van der Waals surface area contributed by atoms with E-state index in [4.69, 9.17) is 10.1 Å². The third kappa shape index (κ3) is 7.08. The Morgan fingerprint density at radius 2 is 1.55 bits per heavy atom. The lowest BCUT2D eigenvalue weighted by molar-refractivity contribution is 0.153. The monoisotopic (exact) mass is 439 g/mol. The lowest BCUT2D eigenvalue weighted by Gasteiger charge is -2.36. The number of para-hydroxylation sites is 1. The summed E-state index contributed by atoms with van der Waals surface area (Å²) in [6.45, 7) is 9.26. The third-order valence-corrected chi connectivity index (χ3v) is 4.89. The van der Waals surface area contributed by atoms with Crippen molar-refractivity contribution in [2.24, 2.45) is 0 Å². The molecule has 1 aliphatic rings. The summed E-state index contributed by atoms with van der Waals surface area (Å²) in [6.07, 6.45) is 0. The van der Waals surface area contributed by atoms with Gasteiger partial charge in [0.15, 0.2) is 0 Å². The van der Waals surface area contributed by atoms with Crippen molar-refractivity contribution < 1.29 is 13.7 Å². The van der Waals surface area contributed by atoms with Crippen molar-refractivity contribution in [1.29, 1.82) is 5.41 Å². The highest BCUT2D eigenvalue weighted by Crippen LogP contribution is 2.22. The molecule has 0 bridgehead atoms. The molecule has 29 heavy (non-hydrogen) atoms. The smallest absolute Gasteiger partial charge is 0.128 e. The van der Waals surface area contributed by atoms with E-state index >= 15 is 0 Å². The Hall–Kier alpha value is -1.99. The molecule has 2 aromatic carbocycles. The fourth-order valence-corrected chi connectivity index (χ4v) is 3.30. The van der Waals surface area contributed by atoms with Crippen molar-refractivity contribution in [3.8, 4) is 11.5 Å². The molecular formula is C21H27Cl2N3O3. The van der Waals surface area contributed by atoms with Crippen LogP contribution in [0, 0.1) is 19.3 Å². The Bertz CT molecular complexity index is 759. The number of nitrogens with zero attached hydrogens (tertiary/aromatic N) is 2. The molecule has 0 radical (unpaired) electrons. The van der Waals surface area contributed by atoms with Gasteiger partial charge in [-0.25, -0.2) is 0 Å². The van der Waals surface area contributed by atoms with Gasteiger partial charge in [0, 0.05) is 38.3 Å². The number of amidine groups is 1. The Kier molecular flexibility index (Phi) is 9.54. The van der Waals surface area contributed by atoms with Crippen LogP contribution in [0.2, 0.25) is 0 Å². The highest BCUT2D eigenvalue weighted by molar-refractivity contribution is 6.24. The molecule has 2 aromatic rings. The van der Waals surface area contributed by atoms with Gasteiger partial charge in [0.2, 0.25) is 0 Å². The fraction of sp³-hybridized carbons (Fsp3) is 0.381. The summed E-state index contributed by atoms with van der Waals surface area (Å²) >= 11 is 8.53. The number of rotatable bonds is 5. The van der Waals surface area contributed by atoms with Gasteiger partial charge in [-0.15, -0.1) is 0 Å². The van der Waals surface area contributed by atoms with Crippen LogP contribution in [0.3, 0.4) is 0 Å². The van der Waals surface area contributed by atoms with Gasteiger partial charge in [-0.1, -0.05) is 18.2 Å². The summed E-state index contributed by atoms with van der Waals surface area (Å²) < 4.78 is 9.20. The second kappa shape index (κ2) is 11.9. The van der Waals surface area contributed by atoms with Crippen LogP contribution < -0.4 is 4.74 Å². The SMILES string of the molecule is Cc1cccc(C)c1OCCN1CCN(C(=N)c2ccc(O)cc2)CC1.ClOCl. The summed E-state index contributed by atoms with van der Waals surface area (Å²) in [5.74, 6) is 1.76. The first-order chi connectivity index (χ1) is 14.0. The maximum Gasteiger partial charge on any atom is 0.128 e. The van der Waals surface area contributed by atoms with Gasteiger partial charge in [0.1, 0.15) is 23.9 Å². The molecule has 1 saturated heterocycles. The highest BCUT2D eigenvalue weighted by Gasteiger charge is 2.19. The van der Waals surface area contributed by atoms with E-state index in [1.165, 1.54) is 11.1 Å². The number of piperazine rings is 1. The van der Waals surface area contributed by atoms with Gasteiger partial charge < -0.3 is 14.7 Å². The predicted octanol–water partition coefficient (Wildman–Crippen LogP) is 4.34. The Morgan fingerprint density at radius 3 is 2.10 bits per heavy atom. The predicted molar refractivity (Wildman–Crippen MR) is 117 cm³/mol. The first-order valence-electron chi connectivity index (χ1n) is 9.40. The molecule has 0 aliphatic carbocycles. The third-order valence-electron chi connectivity index (χ3n) is 4.89. The topological polar surface area (TPSA) is 69.0 Å². The van der Waals surface area contributed by atoms with Gasteiger partial charge in [0.05, 0.1) is 23.7 Å². The van der Waals surface area contributed by atoms with Crippen LogP contribution >= 0.6 is 23.7 Å². The number of nitrogens with one attached hydrogen (secondary N) is 1. The minimum absolute atomic E-state index is 0.232. The first kappa shape index (κ1) is 23.3. The molecule has 8 heteroatoms. The van der Waals surface area contributed by atoms with Crippen LogP contribution in [0.15, 0.2) is 42.5 Å². The summed E-state index contributed by atoms with van der Waals surface area (Å²) in [7, 11) is 0. The van der Waals surface area contributed by atoms with Gasteiger partial charge in [-0.2, -0.15) is 3.84 Å². The van der Waals surface area contributed by atoms with E-state index in [-0.39, 0.29) is 5.75 Å². The number of ether oxygens (including phenoxy) is 1. The summed E-state index contributed by atoms with van der Waals surface area (Å²) in [6, 6.07) is 13.1. The summed E-state index contributed by atoms with van der Waals surface area (Å²) in [4.78, 5) is 4.48. The maximum absolute atomic E-state index is 9.38. The number of halogens is 2. The van der Waals surface area contributed by atoms with Gasteiger partial charge in [0.25, 0.3) is 0 Å². The van der Waals surface area contributed by atoms with E-state index in [0.717, 1.165) is 44.0 Å². The Balaban J connectivity index is 0.000000941. The molecule has 0 spiro atoms. The van der Waals surface area contributed by atoms with Gasteiger partial charge in [-0.3, -0.25) is 10.3 Å². The number of benzene rings is 2. The number of phenols is 1. The van der Waals surface area contributed by atoms with E-state index in [0.29, 0.717) is 12.4 Å². The zero-order valence-electron chi connectivity index (χ0n) is 16.7. The van der Waals surface area contributed by atoms with Crippen LogP contribution in [-0.4, -0.2) is 60.1 Å². The quantitative estimate of drug-likeness (QED) is 0.535. The largest absolute Gasteiger partial charge is 0.508 e. The number of aromatic hydroxyl groups is 1. The molecule has 0 unspecified atom stereocenters. The molecule has 1 heterocycles. The van der Waals surface area contributed by atoms with E-state index in [1.54, 1.807) is 24.3 Å². The molecule has 6 nitrogen and oxygen atoms in total. The van der Waals surface area contributed by atoms with E-state index in [2.05, 4.69) is 69.4 Å². The minimum Gasteiger partial charge on any atom is -0.508 e. The molecule has 158 valence electrons. The molecule has 0 aromatic heterocycles. The number of aryl methyl sites for hydroxylation is 2. The second-order valence-electron chi connectivity index (χ2n) is 6.85. The van der Waals surface area contributed by atoms with Crippen LogP contribution in [0.25, 0.3) is 0 Å². The molecular weight excluding hydrogens is 413 g/mol. The van der Waals surface area contributed by atoms with E-state index in [1.807, 2.05) is 0 Å². The van der Waals surface area contributed by atoms with Gasteiger partial charge >= 0.3 is 0 Å². The highest BCUT2D eigenvalue weighted by atomic mass is 35.6. The molecule has 1 fully saturated rings. The standard InChI is InChI=1S/C21H27N3O2.Cl2O/c1-16-4-3-5-17(2)20(16)26-15-14-23-10-12-24(13-11-23)21(22)18-6-8-19(25)9-7-18;1-3-2/h3-9,22,25H,10-15H2,1-2H3;. The molecule has 1 aliphatic heterocycles. The van der Waals surface area contributed by atoms with Crippen molar-refractivity contribution in [2.75, 3.05) is 39.3 Å². The molecule has 2 N–H and O–H groups in total. The molecule has 0 amide bonds. The average Bonchev–Trinajstić information content (AvgIpc) is 2.71. The van der Waals surface area contributed by atoms with Gasteiger partial charge in [-0.05, 0) is 49.2 Å². The first-order valence-corrected chi connectivity index (χ1v) is 10.0. The summed E-state index contributed by atoms with van der Waals surface area (Å²) in [5, 5.41) is 17.7. The molecule has 0 saturated carbocycles. The van der Waals surface area contributed by atoms with Crippen molar-refractivity contribution >= 4 is 29.6 Å². The van der Waals surface area contributed by atoms with Crippen molar-refractivity contribution in [1.82, 2.24) is 9.80 Å². The zero-order chi connectivity index (χ0) is 21.2. The van der Waals surface area contributed by atoms with Crippen molar-refractivity contribution in [3.05, 3.63) is 59.2 Å². The second-order valence-corrected chi connectivity index (χ2v) is 7.32. The lowest BCUT2D eigenvalue weighted by Crippen LogP contribution is -2.49. The van der Waals surface area contributed by atoms with Crippen molar-refractivity contribution in [3.63, 3.8) is 0 Å². The maximum atomic E-state index is 9.38. The zero-order valence-corrected chi connectivity index (χ0v) is 18.2.